The van der Waals surface area contributed by atoms with E-state index in [1.54, 1.807) is 0 Å². The van der Waals surface area contributed by atoms with E-state index in [1.165, 1.54) is 5.56 Å². The van der Waals surface area contributed by atoms with E-state index < -0.39 is 0 Å². The number of nitrogens with one attached hydrogen (secondary N) is 1. The van der Waals surface area contributed by atoms with Crippen molar-refractivity contribution in [3.63, 3.8) is 0 Å². The largest absolute Gasteiger partial charge is 0.445 e. The first-order chi connectivity index (χ1) is 12.7. The molecule has 26 heavy (non-hydrogen) atoms. The van der Waals surface area contributed by atoms with Crippen LogP contribution in [0.25, 0.3) is 0 Å². The highest BCUT2D eigenvalue weighted by atomic mass is 16.6. The molecule has 5 nitrogen and oxygen atoms in total. The van der Waals surface area contributed by atoms with Crippen LogP contribution in [-0.4, -0.2) is 35.2 Å². The minimum atomic E-state index is -0.190. The first-order valence-corrected chi connectivity index (χ1v) is 9.55. The number of amides is 1. The van der Waals surface area contributed by atoms with Gasteiger partial charge in [-0.25, -0.2) is 4.79 Å². The van der Waals surface area contributed by atoms with Crippen molar-refractivity contribution in [1.29, 1.82) is 0 Å². The van der Waals surface area contributed by atoms with E-state index in [0.717, 1.165) is 44.6 Å². The first kappa shape index (κ1) is 17.2. The van der Waals surface area contributed by atoms with Gasteiger partial charge in [0.2, 0.25) is 0 Å². The fraction of sp³-hybridized carbons (Fsp3) is 0.476. The second-order valence-corrected chi connectivity index (χ2v) is 7.48. The van der Waals surface area contributed by atoms with Crippen LogP contribution in [0.2, 0.25) is 0 Å². The number of nitrogens with zero attached hydrogens (tertiary/aromatic N) is 2. The molecule has 0 saturated carbocycles. The van der Waals surface area contributed by atoms with E-state index in [1.807, 2.05) is 35.2 Å². The van der Waals surface area contributed by atoms with Crippen molar-refractivity contribution in [2.75, 3.05) is 19.6 Å². The molecule has 2 aliphatic rings. The molecule has 1 atom stereocenters. The summed E-state index contributed by atoms with van der Waals surface area (Å²) in [5.41, 5.74) is 2.69. The minimum Gasteiger partial charge on any atom is -0.445 e. The van der Waals surface area contributed by atoms with Gasteiger partial charge in [0.1, 0.15) is 6.61 Å². The molecule has 1 spiro atoms. The Kier molecular flexibility index (Phi) is 4.72. The lowest BCUT2D eigenvalue weighted by Crippen LogP contribution is -2.60. The Balaban J connectivity index is 1.31. The van der Waals surface area contributed by atoms with Crippen LogP contribution < -0.4 is 5.32 Å². The Morgan fingerprint density at radius 3 is 2.62 bits per heavy atom. The van der Waals surface area contributed by atoms with Crippen LogP contribution in [0.15, 0.2) is 48.8 Å². The summed E-state index contributed by atoms with van der Waals surface area (Å²) in [6.45, 7) is 6.10. The number of hydrogen-bond donors (Lipinski definition) is 1. The number of hydrogen-bond acceptors (Lipinski definition) is 3. The molecule has 1 N–H and O–H groups in total. The summed E-state index contributed by atoms with van der Waals surface area (Å²) in [7, 11) is 0. The van der Waals surface area contributed by atoms with Crippen molar-refractivity contribution in [3.05, 3.63) is 59.9 Å². The Morgan fingerprint density at radius 2 is 2.00 bits per heavy atom. The van der Waals surface area contributed by atoms with Gasteiger partial charge in [-0.1, -0.05) is 30.3 Å². The molecule has 4 rings (SSSR count). The Morgan fingerprint density at radius 1 is 1.23 bits per heavy atom. The van der Waals surface area contributed by atoms with Crippen LogP contribution in [0.5, 0.6) is 0 Å². The average molecular weight is 353 g/mol. The van der Waals surface area contributed by atoms with Gasteiger partial charge in [-0.2, -0.15) is 0 Å². The number of ether oxygens (including phenoxy) is 1. The van der Waals surface area contributed by atoms with Gasteiger partial charge in [0.25, 0.3) is 0 Å². The van der Waals surface area contributed by atoms with Gasteiger partial charge in [0, 0.05) is 50.0 Å². The molecule has 2 aliphatic heterocycles. The molecular formula is C21H27N3O2. The molecule has 2 saturated heterocycles. The fourth-order valence-corrected chi connectivity index (χ4v) is 4.20. The number of carbonyl (C=O) groups is 1. The standard InChI is InChI=1S/C21H27N3O2/c1-2-23-11-8-18(14-23)19-21(16-22-19)9-12-24(13-10-21)20(25)26-15-17-6-4-3-5-7-17/h3-8,11,14,19,22H,2,9-10,12-13,15-16H2,1H3. The summed E-state index contributed by atoms with van der Waals surface area (Å²) >= 11 is 0. The van der Waals surface area contributed by atoms with Crippen LogP contribution in [0, 0.1) is 5.41 Å². The topological polar surface area (TPSA) is 46.5 Å². The zero-order chi connectivity index (χ0) is 18.0. The van der Waals surface area contributed by atoms with Crippen LogP contribution in [0.4, 0.5) is 4.79 Å². The maximum absolute atomic E-state index is 12.4. The second kappa shape index (κ2) is 7.16. The number of likely N-dealkylation sites (tertiary alicyclic amines) is 1. The van der Waals surface area contributed by atoms with Crippen molar-refractivity contribution in [1.82, 2.24) is 14.8 Å². The Labute approximate surface area is 154 Å². The number of aryl methyl sites for hydroxylation is 1. The van der Waals surface area contributed by atoms with Crippen molar-refractivity contribution < 1.29 is 9.53 Å². The molecule has 0 bridgehead atoms. The maximum atomic E-state index is 12.4. The summed E-state index contributed by atoms with van der Waals surface area (Å²) in [6.07, 6.45) is 6.27. The molecule has 5 heteroatoms. The Hall–Kier alpha value is -2.27. The second-order valence-electron chi connectivity index (χ2n) is 7.48. The molecule has 3 heterocycles. The molecule has 1 aromatic carbocycles. The molecule has 2 aromatic rings. The number of piperidine rings is 1. The van der Waals surface area contributed by atoms with Crippen molar-refractivity contribution >= 4 is 6.09 Å². The lowest BCUT2D eigenvalue weighted by molar-refractivity contribution is 0.0000782. The SMILES string of the molecule is CCn1ccc(C2NCC23CCN(C(=O)OCc2ccccc2)CC3)c1. The summed E-state index contributed by atoms with van der Waals surface area (Å²) in [5, 5.41) is 3.60. The van der Waals surface area contributed by atoms with Gasteiger partial charge in [-0.15, -0.1) is 0 Å². The summed E-state index contributed by atoms with van der Waals surface area (Å²) < 4.78 is 7.71. The van der Waals surface area contributed by atoms with Gasteiger partial charge < -0.3 is 19.5 Å². The van der Waals surface area contributed by atoms with Crippen LogP contribution in [0.3, 0.4) is 0 Å². The molecule has 2 fully saturated rings. The number of rotatable bonds is 4. The van der Waals surface area contributed by atoms with E-state index in [0.29, 0.717) is 12.6 Å². The van der Waals surface area contributed by atoms with Gasteiger partial charge in [-0.05, 0) is 37.0 Å². The van der Waals surface area contributed by atoms with E-state index in [9.17, 15) is 4.79 Å². The number of benzene rings is 1. The van der Waals surface area contributed by atoms with E-state index >= 15 is 0 Å². The highest BCUT2D eigenvalue weighted by Gasteiger charge is 2.49. The monoisotopic (exact) mass is 353 g/mol. The van der Waals surface area contributed by atoms with Crippen LogP contribution in [0.1, 0.15) is 36.9 Å². The predicted molar refractivity (Wildman–Crippen MR) is 101 cm³/mol. The van der Waals surface area contributed by atoms with Gasteiger partial charge in [0.15, 0.2) is 0 Å². The van der Waals surface area contributed by atoms with E-state index in [4.69, 9.17) is 4.74 Å². The van der Waals surface area contributed by atoms with Crippen molar-refractivity contribution in [2.45, 2.75) is 39.0 Å². The average Bonchev–Trinajstić information content (AvgIpc) is 3.14. The molecule has 138 valence electrons. The predicted octanol–water partition coefficient (Wildman–Crippen LogP) is 3.57. The Bertz CT molecular complexity index is 748. The first-order valence-electron chi connectivity index (χ1n) is 9.55. The molecule has 1 aromatic heterocycles. The van der Waals surface area contributed by atoms with Crippen LogP contribution in [-0.2, 0) is 17.9 Å². The van der Waals surface area contributed by atoms with Crippen molar-refractivity contribution in [2.24, 2.45) is 5.41 Å². The zero-order valence-corrected chi connectivity index (χ0v) is 15.4. The minimum absolute atomic E-state index is 0.190. The third-order valence-electron chi connectivity index (χ3n) is 5.97. The third kappa shape index (κ3) is 3.23. The third-order valence-corrected chi connectivity index (χ3v) is 5.97. The quantitative estimate of drug-likeness (QED) is 0.914. The zero-order valence-electron chi connectivity index (χ0n) is 15.4. The normalized spacial score (nSPS) is 21.4. The van der Waals surface area contributed by atoms with E-state index in [-0.39, 0.29) is 11.5 Å². The summed E-state index contributed by atoms with van der Waals surface area (Å²) in [6, 6.07) is 12.5. The molecule has 1 amide bonds. The number of aromatic nitrogens is 1. The molecule has 0 aliphatic carbocycles. The number of carbonyl (C=O) groups excluding carboxylic acids is 1. The van der Waals surface area contributed by atoms with Crippen molar-refractivity contribution in [3.8, 4) is 0 Å². The molecule has 1 unspecified atom stereocenters. The van der Waals surface area contributed by atoms with Gasteiger partial charge in [-0.3, -0.25) is 0 Å². The lowest BCUT2D eigenvalue weighted by Gasteiger charge is -2.54. The smallest absolute Gasteiger partial charge is 0.410 e. The fourth-order valence-electron chi connectivity index (χ4n) is 4.20. The summed E-state index contributed by atoms with van der Waals surface area (Å²) in [5.74, 6) is 0. The highest BCUT2D eigenvalue weighted by molar-refractivity contribution is 5.67. The highest BCUT2D eigenvalue weighted by Crippen LogP contribution is 2.48. The molecule has 0 radical (unpaired) electrons. The van der Waals surface area contributed by atoms with Gasteiger partial charge >= 0.3 is 6.09 Å². The molecular weight excluding hydrogens is 326 g/mol. The maximum Gasteiger partial charge on any atom is 0.410 e. The lowest BCUT2D eigenvalue weighted by atomic mass is 9.65. The van der Waals surface area contributed by atoms with Crippen LogP contribution >= 0.6 is 0 Å². The van der Waals surface area contributed by atoms with Gasteiger partial charge in [0.05, 0.1) is 0 Å². The summed E-state index contributed by atoms with van der Waals surface area (Å²) in [4.78, 5) is 14.2. The van der Waals surface area contributed by atoms with E-state index in [2.05, 4.69) is 35.3 Å².